The lowest BCUT2D eigenvalue weighted by Crippen LogP contribution is -2.17. The predicted octanol–water partition coefficient (Wildman–Crippen LogP) is 2.95. The maximum Gasteiger partial charge on any atom is 0.291 e. The van der Waals surface area contributed by atoms with Crippen molar-refractivity contribution in [3.05, 3.63) is 82.4 Å². The minimum atomic E-state index is -0.438. The van der Waals surface area contributed by atoms with E-state index in [9.17, 15) is 14.0 Å². The standard InChI is InChI=1S/C18H15FN2O4/c1-21-10-13(4-9-17(21)22)20-18(23)16-8-7-15(25-16)11-24-14-5-2-12(19)3-6-14/h2-10H,11H2,1H3,(H,20,23). The van der Waals surface area contributed by atoms with Gasteiger partial charge >= 0.3 is 0 Å². The minimum Gasteiger partial charge on any atom is -0.486 e. The zero-order chi connectivity index (χ0) is 17.8. The molecule has 25 heavy (non-hydrogen) atoms. The van der Waals surface area contributed by atoms with Crippen LogP contribution >= 0.6 is 0 Å². The molecule has 1 N–H and O–H groups in total. The third-order valence-corrected chi connectivity index (χ3v) is 3.42. The fraction of sp³-hybridized carbons (Fsp3) is 0.111. The van der Waals surface area contributed by atoms with Gasteiger partial charge in [0.1, 0.15) is 23.9 Å². The molecule has 0 atom stereocenters. The van der Waals surface area contributed by atoms with Gasteiger partial charge in [-0.25, -0.2) is 4.39 Å². The predicted molar refractivity (Wildman–Crippen MR) is 89.1 cm³/mol. The highest BCUT2D eigenvalue weighted by Crippen LogP contribution is 2.16. The third kappa shape index (κ3) is 4.14. The number of rotatable bonds is 5. The van der Waals surface area contributed by atoms with Crippen molar-refractivity contribution >= 4 is 11.6 Å². The van der Waals surface area contributed by atoms with Crippen molar-refractivity contribution in [3.8, 4) is 5.75 Å². The molecule has 0 radical (unpaired) electrons. The second-order valence-electron chi connectivity index (χ2n) is 5.33. The molecule has 3 aromatic rings. The molecule has 0 fully saturated rings. The molecule has 1 amide bonds. The van der Waals surface area contributed by atoms with E-state index in [1.807, 2.05) is 0 Å². The van der Waals surface area contributed by atoms with Crippen LogP contribution in [0.4, 0.5) is 10.1 Å². The fourth-order valence-electron chi connectivity index (χ4n) is 2.12. The Balaban J connectivity index is 1.61. The number of pyridine rings is 1. The number of halogens is 1. The van der Waals surface area contributed by atoms with Gasteiger partial charge in [-0.3, -0.25) is 9.59 Å². The number of benzene rings is 1. The molecule has 0 unspecified atom stereocenters. The van der Waals surface area contributed by atoms with Crippen LogP contribution in [0.2, 0.25) is 0 Å². The number of amides is 1. The van der Waals surface area contributed by atoms with E-state index in [0.29, 0.717) is 17.2 Å². The van der Waals surface area contributed by atoms with Crippen LogP contribution in [0.3, 0.4) is 0 Å². The number of carbonyl (C=O) groups excluding carboxylic acids is 1. The van der Waals surface area contributed by atoms with Gasteiger partial charge in [0.2, 0.25) is 5.56 Å². The summed E-state index contributed by atoms with van der Waals surface area (Å²) in [5.41, 5.74) is 0.309. The lowest BCUT2D eigenvalue weighted by molar-refractivity contribution is 0.0992. The lowest BCUT2D eigenvalue weighted by atomic mass is 10.3. The van der Waals surface area contributed by atoms with Gasteiger partial charge in [-0.2, -0.15) is 0 Å². The average Bonchev–Trinajstić information content (AvgIpc) is 3.07. The van der Waals surface area contributed by atoms with Crippen molar-refractivity contribution < 1.29 is 18.3 Å². The maximum absolute atomic E-state index is 12.8. The van der Waals surface area contributed by atoms with E-state index in [0.717, 1.165) is 0 Å². The number of aromatic nitrogens is 1. The van der Waals surface area contributed by atoms with Crippen LogP contribution in [0, 0.1) is 5.82 Å². The molecular weight excluding hydrogens is 327 g/mol. The minimum absolute atomic E-state index is 0.110. The second kappa shape index (κ2) is 7.04. The monoisotopic (exact) mass is 342 g/mol. The smallest absolute Gasteiger partial charge is 0.291 e. The van der Waals surface area contributed by atoms with Crippen molar-refractivity contribution in [1.29, 1.82) is 0 Å². The SMILES string of the molecule is Cn1cc(NC(=O)c2ccc(COc3ccc(F)cc3)o2)ccc1=O. The van der Waals surface area contributed by atoms with Gasteiger partial charge in [-0.15, -0.1) is 0 Å². The summed E-state index contributed by atoms with van der Waals surface area (Å²) in [6.45, 7) is 0.110. The van der Waals surface area contributed by atoms with Crippen molar-refractivity contribution in [2.75, 3.05) is 5.32 Å². The van der Waals surface area contributed by atoms with E-state index in [-0.39, 0.29) is 23.7 Å². The number of hydrogen-bond acceptors (Lipinski definition) is 4. The van der Waals surface area contributed by atoms with E-state index >= 15 is 0 Å². The Labute approximate surface area is 142 Å². The molecular formula is C18H15FN2O4. The zero-order valence-corrected chi connectivity index (χ0v) is 13.4. The highest BCUT2D eigenvalue weighted by atomic mass is 19.1. The van der Waals surface area contributed by atoms with E-state index < -0.39 is 5.91 Å². The summed E-state index contributed by atoms with van der Waals surface area (Å²) >= 11 is 0. The van der Waals surface area contributed by atoms with Crippen LogP contribution < -0.4 is 15.6 Å². The van der Waals surface area contributed by atoms with Crippen molar-refractivity contribution in [3.63, 3.8) is 0 Å². The summed E-state index contributed by atoms with van der Waals surface area (Å²) in [5, 5.41) is 2.64. The number of furan rings is 1. The Morgan fingerprint density at radius 1 is 1.16 bits per heavy atom. The lowest BCUT2D eigenvalue weighted by Gasteiger charge is -2.05. The molecule has 0 saturated carbocycles. The van der Waals surface area contributed by atoms with Crippen LogP contribution in [-0.2, 0) is 13.7 Å². The average molecular weight is 342 g/mol. The number of anilines is 1. The summed E-state index contributed by atoms with van der Waals surface area (Å²) in [4.78, 5) is 23.5. The normalized spacial score (nSPS) is 10.5. The molecule has 0 bridgehead atoms. The summed E-state index contributed by atoms with van der Waals surface area (Å²) in [7, 11) is 1.59. The first-order chi connectivity index (χ1) is 12.0. The number of nitrogens with one attached hydrogen (secondary N) is 1. The molecule has 2 heterocycles. The van der Waals surface area contributed by atoms with Gasteiger partial charge in [-0.05, 0) is 42.5 Å². The van der Waals surface area contributed by atoms with E-state index in [2.05, 4.69) is 5.32 Å². The van der Waals surface area contributed by atoms with Crippen LogP contribution in [0.15, 0.2) is 63.9 Å². The molecule has 0 aliphatic carbocycles. The Kier molecular flexibility index (Phi) is 4.65. The molecule has 0 aliphatic rings. The first-order valence-corrected chi connectivity index (χ1v) is 7.46. The molecule has 0 saturated heterocycles. The Morgan fingerprint density at radius 2 is 1.92 bits per heavy atom. The molecule has 7 heteroatoms. The van der Waals surface area contributed by atoms with Gasteiger partial charge in [0.05, 0.1) is 5.69 Å². The maximum atomic E-state index is 12.8. The Morgan fingerprint density at radius 3 is 2.64 bits per heavy atom. The second-order valence-corrected chi connectivity index (χ2v) is 5.33. The van der Waals surface area contributed by atoms with Gasteiger partial charge in [0, 0.05) is 19.3 Å². The summed E-state index contributed by atoms with van der Waals surface area (Å²) in [6, 6.07) is 11.6. The highest BCUT2D eigenvalue weighted by molar-refractivity contribution is 6.02. The number of carbonyl (C=O) groups is 1. The van der Waals surface area contributed by atoms with Crippen molar-refractivity contribution in [2.45, 2.75) is 6.61 Å². The largest absolute Gasteiger partial charge is 0.486 e. The molecule has 2 aromatic heterocycles. The van der Waals surface area contributed by atoms with Gasteiger partial charge in [-0.1, -0.05) is 0 Å². The molecule has 3 rings (SSSR count). The van der Waals surface area contributed by atoms with Crippen LogP contribution in [0.5, 0.6) is 5.75 Å². The van der Waals surface area contributed by atoms with Gasteiger partial charge in [0.15, 0.2) is 5.76 Å². The summed E-state index contributed by atoms with van der Waals surface area (Å²) < 4.78 is 25.1. The molecule has 6 nitrogen and oxygen atoms in total. The van der Waals surface area contributed by atoms with Crippen LogP contribution in [-0.4, -0.2) is 10.5 Å². The number of nitrogens with zero attached hydrogens (tertiary/aromatic N) is 1. The Bertz CT molecular complexity index is 944. The number of aryl methyl sites for hydroxylation is 1. The summed E-state index contributed by atoms with van der Waals surface area (Å²) in [6.07, 6.45) is 1.52. The van der Waals surface area contributed by atoms with E-state index in [4.69, 9.17) is 9.15 Å². The molecule has 1 aromatic carbocycles. The highest BCUT2D eigenvalue weighted by Gasteiger charge is 2.12. The van der Waals surface area contributed by atoms with Gasteiger partial charge < -0.3 is 19.0 Å². The number of ether oxygens (including phenoxy) is 1. The topological polar surface area (TPSA) is 73.5 Å². The zero-order valence-electron chi connectivity index (χ0n) is 13.4. The third-order valence-electron chi connectivity index (χ3n) is 3.42. The van der Waals surface area contributed by atoms with Crippen LogP contribution in [0.1, 0.15) is 16.3 Å². The molecule has 0 spiro atoms. The van der Waals surface area contributed by atoms with Gasteiger partial charge in [0.25, 0.3) is 5.91 Å². The molecule has 128 valence electrons. The first kappa shape index (κ1) is 16.5. The Hall–Kier alpha value is -3.35. The van der Waals surface area contributed by atoms with Crippen molar-refractivity contribution in [1.82, 2.24) is 4.57 Å². The van der Waals surface area contributed by atoms with E-state index in [1.165, 1.54) is 53.2 Å². The fourth-order valence-corrected chi connectivity index (χ4v) is 2.12. The van der Waals surface area contributed by atoms with Crippen LogP contribution in [0.25, 0.3) is 0 Å². The quantitative estimate of drug-likeness (QED) is 0.774. The first-order valence-electron chi connectivity index (χ1n) is 7.46. The number of hydrogen-bond donors (Lipinski definition) is 1. The summed E-state index contributed by atoms with van der Waals surface area (Å²) in [5.74, 6) is 0.282. The molecule has 0 aliphatic heterocycles. The van der Waals surface area contributed by atoms with Crippen molar-refractivity contribution in [2.24, 2.45) is 7.05 Å². The van der Waals surface area contributed by atoms with E-state index in [1.54, 1.807) is 13.1 Å².